The molecule has 2 aromatic carbocycles. The molecule has 1 aromatic heterocycles. The molecule has 0 unspecified atom stereocenters. The zero-order chi connectivity index (χ0) is 19.3. The van der Waals surface area contributed by atoms with Crippen molar-refractivity contribution in [3.63, 3.8) is 0 Å². The van der Waals surface area contributed by atoms with Crippen LogP contribution in [0.3, 0.4) is 0 Å². The largest absolute Gasteiger partial charge is 0.348 e. The summed E-state index contributed by atoms with van der Waals surface area (Å²) in [6.45, 7) is 1.88. The van der Waals surface area contributed by atoms with E-state index in [4.69, 9.17) is 0 Å². The van der Waals surface area contributed by atoms with Gasteiger partial charge in [-0.15, -0.1) is 0 Å². The summed E-state index contributed by atoms with van der Waals surface area (Å²) < 4.78 is 1.68. The van der Waals surface area contributed by atoms with Gasteiger partial charge in [-0.05, 0) is 35.7 Å². The molecule has 0 radical (unpaired) electrons. The number of benzene rings is 2. The molecule has 0 aliphatic carbocycles. The van der Waals surface area contributed by atoms with E-state index in [1.165, 1.54) is 0 Å². The second-order valence-corrected chi connectivity index (χ2v) is 6.89. The van der Waals surface area contributed by atoms with Crippen molar-refractivity contribution in [3.05, 3.63) is 83.7 Å². The van der Waals surface area contributed by atoms with Gasteiger partial charge in [-0.25, -0.2) is 4.68 Å². The molecule has 1 aliphatic heterocycles. The van der Waals surface area contributed by atoms with Gasteiger partial charge in [0.2, 0.25) is 5.91 Å². The van der Waals surface area contributed by atoms with Crippen molar-refractivity contribution in [2.75, 3.05) is 6.54 Å². The molecule has 0 spiro atoms. The molecule has 0 bridgehead atoms. The van der Waals surface area contributed by atoms with Crippen LogP contribution in [-0.2, 0) is 17.9 Å². The van der Waals surface area contributed by atoms with Crippen LogP contribution in [0.15, 0.2) is 67.0 Å². The Morgan fingerprint density at radius 2 is 1.93 bits per heavy atom. The fourth-order valence-corrected chi connectivity index (χ4v) is 3.48. The third-order valence-corrected chi connectivity index (χ3v) is 4.89. The Kier molecular flexibility index (Phi) is 5.19. The highest BCUT2D eigenvalue weighted by molar-refractivity contribution is 5.97. The molecule has 2 amide bonds. The second-order valence-electron chi connectivity index (χ2n) is 6.89. The Hall–Kier alpha value is -3.41. The summed E-state index contributed by atoms with van der Waals surface area (Å²) in [6, 6.07) is 17.2. The summed E-state index contributed by atoms with van der Waals surface area (Å²) in [5, 5.41) is 7.21. The molecule has 1 N–H and O–H groups in total. The Labute approximate surface area is 163 Å². The van der Waals surface area contributed by atoms with E-state index in [0.717, 1.165) is 29.8 Å². The Bertz CT molecular complexity index is 982. The standard InChI is InChI=1S/C22H22N4O2/c27-21-10-4-12-25(21)16-18-7-3-6-17(14-18)15-23-22(28)19-8-1-2-9-20(19)26-13-5-11-24-26/h1-3,5-9,11,13-14H,4,10,12,15-16H2,(H,23,28). The van der Waals surface area contributed by atoms with E-state index in [0.29, 0.717) is 25.1 Å². The number of aromatic nitrogens is 2. The van der Waals surface area contributed by atoms with Crippen molar-refractivity contribution < 1.29 is 9.59 Å². The van der Waals surface area contributed by atoms with Gasteiger partial charge in [-0.2, -0.15) is 5.10 Å². The predicted molar refractivity (Wildman–Crippen MR) is 106 cm³/mol. The molecule has 1 aliphatic rings. The molecule has 2 heterocycles. The van der Waals surface area contributed by atoms with Gasteiger partial charge >= 0.3 is 0 Å². The van der Waals surface area contributed by atoms with Gasteiger partial charge in [-0.3, -0.25) is 9.59 Å². The zero-order valence-corrected chi connectivity index (χ0v) is 15.5. The lowest BCUT2D eigenvalue weighted by atomic mass is 10.1. The molecule has 6 heteroatoms. The van der Waals surface area contributed by atoms with E-state index < -0.39 is 0 Å². The molecule has 3 aromatic rings. The van der Waals surface area contributed by atoms with Crippen LogP contribution in [0.25, 0.3) is 5.69 Å². The van der Waals surface area contributed by atoms with E-state index in [1.807, 2.05) is 59.6 Å². The highest BCUT2D eigenvalue weighted by Gasteiger charge is 2.20. The van der Waals surface area contributed by atoms with Crippen LogP contribution in [-0.4, -0.2) is 33.0 Å². The number of para-hydroxylation sites is 1. The molecule has 0 saturated carbocycles. The summed E-state index contributed by atoms with van der Waals surface area (Å²) in [5.74, 6) is 0.0696. The van der Waals surface area contributed by atoms with Gasteiger partial charge in [0.05, 0.1) is 11.3 Å². The van der Waals surface area contributed by atoms with E-state index in [2.05, 4.69) is 10.4 Å². The normalized spacial score (nSPS) is 13.7. The van der Waals surface area contributed by atoms with Crippen molar-refractivity contribution >= 4 is 11.8 Å². The maximum atomic E-state index is 12.7. The minimum atomic E-state index is -0.147. The third-order valence-electron chi connectivity index (χ3n) is 4.89. The molecule has 142 valence electrons. The van der Waals surface area contributed by atoms with Crippen LogP contribution in [0, 0.1) is 0 Å². The lowest BCUT2D eigenvalue weighted by Crippen LogP contribution is -2.25. The summed E-state index contributed by atoms with van der Waals surface area (Å²) in [6.07, 6.45) is 5.08. The summed E-state index contributed by atoms with van der Waals surface area (Å²) in [7, 11) is 0. The van der Waals surface area contributed by atoms with Gasteiger partial charge in [0.1, 0.15) is 0 Å². The number of carbonyl (C=O) groups excluding carboxylic acids is 2. The smallest absolute Gasteiger partial charge is 0.253 e. The minimum absolute atomic E-state index is 0.147. The molecule has 1 fully saturated rings. The number of carbonyl (C=O) groups is 2. The second kappa shape index (κ2) is 8.08. The van der Waals surface area contributed by atoms with Gasteiger partial charge in [0.15, 0.2) is 0 Å². The third kappa shape index (κ3) is 3.96. The molecule has 6 nitrogen and oxygen atoms in total. The monoisotopic (exact) mass is 374 g/mol. The highest BCUT2D eigenvalue weighted by Crippen LogP contribution is 2.16. The number of hydrogen-bond acceptors (Lipinski definition) is 3. The molecule has 28 heavy (non-hydrogen) atoms. The lowest BCUT2D eigenvalue weighted by molar-refractivity contribution is -0.128. The number of nitrogens with zero attached hydrogens (tertiary/aromatic N) is 3. The zero-order valence-electron chi connectivity index (χ0n) is 15.5. The summed E-state index contributed by atoms with van der Waals surface area (Å²) >= 11 is 0. The first-order valence-electron chi connectivity index (χ1n) is 9.43. The molecular weight excluding hydrogens is 352 g/mol. The van der Waals surface area contributed by atoms with Crippen molar-refractivity contribution in [1.29, 1.82) is 0 Å². The predicted octanol–water partition coefficient (Wildman–Crippen LogP) is 2.92. The van der Waals surface area contributed by atoms with Crippen molar-refractivity contribution in [2.45, 2.75) is 25.9 Å². The average Bonchev–Trinajstić information content (AvgIpc) is 3.39. The van der Waals surface area contributed by atoms with Gasteiger partial charge in [-0.1, -0.05) is 36.4 Å². The van der Waals surface area contributed by atoms with Crippen molar-refractivity contribution in [1.82, 2.24) is 20.0 Å². The van der Waals surface area contributed by atoms with E-state index in [-0.39, 0.29) is 11.8 Å². The van der Waals surface area contributed by atoms with Gasteiger partial charge in [0.25, 0.3) is 5.91 Å². The minimum Gasteiger partial charge on any atom is -0.348 e. The summed E-state index contributed by atoms with van der Waals surface area (Å²) in [4.78, 5) is 26.4. The maximum Gasteiger partial charge on any atom is 0.253 e. The maximum absolute atomic E-state index is 12.7. The van der Waals surface area contributed by atoms with E-state index in [1.54, 1.807) is 16.9 Å². The SMILES string of the molecule is O=C(NCc1cccc(CN2CCCC2=O)c1)c1ccccc1-n1cccn1. The summed E-state index contributed by atoms with van der Waals surface area (Å²) in [5.41, 5.74) is 3.41. The Morgan fingerprint density at radius 3 is 2.71 bits per heavy atom. The van der Waals surface area contributed by atoms with E-state index >= 15 is 0 Å². The van der Waals surface area contributed by atoms with Crippen molar-refractivity contribution in [2.24, 2.45) is 0 Å². The molecule has 4 rings (SSSR count). The van der Waals surface area contributed by atoms with Crippen LogP contribution in [0.1, 0.15) is 34.3 Å². The quantitative estimate of drug-likeness (QED) is 0.721. The fourth-order valence-electron chi connectivity index (χ4n) is 3.48. The fraction of sp³-hybridized carbons (Fsp3) is 0.227. The Morgan fingerprint density at radius 1 is 1.07 bits per heavy atom. The first kappa shape index (κ1) is 18.0. The Balaban J connectivity index is 1.43. The number of likely N-dealkylation sites (tertiary alicyclic amines) is 1. The number of amides is 2. The highest BCUT2D eigenvalue weighted by atomic mass is 16.2. The number of rotatable bonds is 6. The van der Waals surface area contributed by atoms with Crippen LogP contribution >= 0.6 is 0 Å². The van der Waals surface area contributed by atoms with Gasteiger partial charge in [0, 0.05) is 38.4 Å². The van der Waals surface area contributed by atoms with Crippen LogP contribution in [0.2, 0.25) is 0 Å². The number of hydrogen-bond donors (Lipinski definition) is 1. The number of nitrogens with one attached hydrogen (secondary N) is 1. The topological polar surface area (TPSA) is 67.2 Å². The molecule has 1 saturated heterocycles. The molecule has 0 atom stereocenters. The first-order valence-corrected chi connectivity index (χ1v) is 9.43. The van der Waals surface area contributed by atoms with E-state index in [9.17, 15) is 9.59 Å². The van der Waals surface area contributed by atoms with Crippen LogP contribution in [0.5, 0.6) is 0 Å². The molecular formula is C22H22N4O2. The van der Waals surface area contributed by atoms with Crippen molar-refractivity contribution in [3.8, 4) is 5.69 Å². The van der Waals surface area contributed by atoms with Crippen LogP contribution < -0.4 is 5.32 Å². The van der Waals surface area contributed by atoms with Crippen LogP contribution in [0.4, 0.5) is 0 Å². The lowest BCUT2D eigenvalue weighted by Gasteiger charge is -2.16. The van der Waals surface area contributed by atoms with Gasteiger partial charge < -0.3 is 10.2 Å². The average molecular weight is 374 g/mol. The first-order chi connectivity index (χ1) is 13.7.